The summed E-state index contributed by atoms with van der Waals surface area (Å²) in [5.41, 5.74) is 2.73. The molecule has 0 aliphatic carbocycles. The molecule has 1 amide bonds. The molecule has 0 bridgehead atoms. The van der Waals surface area contributed by atoms with Crippen molar-refractivity contribution in [2.45, 2.75) is 31.7 Å². The molecule has 3 aromatic rings. The van der Waals surface area contributed by atoms with Crippen molar-refractivity contribution in [3.8, 4) is 0 Å². The van der Waals surface area contributed by atoms with Gasteiger partial charge in [0.1, 0.15) is 0 Å². The predicted molar refractivity (Wildman–Crippen MR) is 136 cm³/mol. The molecule has 0 saturated carbocycles. The fourth-order valence-electron chi connectivity index (χ4n) is 3.35. The van der Waals surface area contributed by atoms with Gasteiger partial charge in [0.25, 0.3) is 0 Å². The molecule has 0 aromatic heterocycles. The number of nitrogens with one attached hydrogen (secondary N) is 1. The summed E-state index contributed by atoms with van der Waals surface area (Å²) < 4.78 is 32.9. The van der Waals surface area contributed by atoms with Crippen molar-refractivity contribution in [2.24, 2.45) is 0 Å². The van der Waals surface area contributed by atoms with Crippen LogP contribution < -0.4 is 5.32 Å². The highest BCUT2D eigenvalue weighted by Gasteiger charge is 2.27. The van der Waals surface area contributed by atoms with Crippen LogP contribution in [0.3, 0.4) is 0 Å². The van der Waals surface area contributed by atoms with E-state index < -0.39 is 22.5 Å². The lowest BCUT2D eigenvalue weighted by molar-refractivity contribution is -0.142. The molecule has 35 heavy (non-hydrogen) atoms. The Balaban J connectivity index is 1.78. The molecule has 0 fully saturated rings. The van der Waals surface area contributed by atoms with Crippen LogP contribution >= 0.6 is 11.6 Å². The van der Waals surface area contributed by atoms with Crippen LogP contribution in [0.2, 0.25) is 5.02 Å². The van der Waals surface area contributed by atoms with Gasteiger partial charge in [0, 0.05) is 17.3 Å². The van der Waals surface area contributed by atoms with Crippen LogP contribution in [0.4, 0.5) is 5.69 Å². The van der Waals surface area contributed by atoms with Gasteiger partial charge < -0.3 is 10.1 Å². The number of carbonyl (C=O) groups excluding carboxylic acids is 2. The number of anilines is 1. The largest absolute Gasteiger partial charge is 0.466 e. The average molecular weight is 515 g/mol. The van der Waals surface area contributed by atoms with E-state index in [1.54, 1.807) is 67.6 Å². The first kappa shape index (κ1) is 26.4. The number of rotatable bonds is 10. The van der Waals surface area contributed by atoms with Crippen LogP contribution in [0.5, 0.6) is 0 Å². The van der Waals surface area contributed by atoms with Crippen molar-refractivity contribution in [3.63, 3.8) is 0 Å². The SMILES string of the molecule is CCOC(=O)Cc1ccc(NC(=O)CN(Cc2ccccc2Cl)S(=O)(=O)c2ccc(C)cc2)cc1. The van der Waals surface area contributed by atoms with E-state index in [4.69, 9.17) is 16.3 Å². The Bertz CT molecular complexity index is 1280. The first-order valence-corrected chi connectivity index (χ1v) is 12.9. The number of ether oxygens (including phenoxy) is 1. The highest BCUT2D eigenvalue weighted by atomic mass is 35.5. The van der Waals surface area contributed by atoms with E-state index in [0.29, 0.717) is 22.9 Å². The Hall–Kier alpha value is -3.20. The Kier molecular flexibility index (Phi) is 9.03. The lowest BCUT2D eigenvalue weighted by Crippen LogP contribution is -2.37. The summed E-state index contributed by atoms with van der Waals surface area (Å²) in [4.78, 5) is 24.6. The quantitative estimate of drug-likeness (QED) is 0.400. The number of hydrogen-bond acceptors (Lipinski definition) is 5. The molecule has 0 unspecified atom stereocenters. The zero-order valence-corrected chi connectivity index (χ0v) is 21.1. The molecule has 0 heterocycles. The van der Waals surface area contributed by atoms with Gasteiger partial charge in [-0.15, -0.1) is 0 Å². The number of amides is 1. The summed E-state index contributed by atoms with van der Waals surface area (Å²) in [5, 5.41) is 3.13. The summed E-state index contributed by atoms with van der Waals surface area (Å²) in [6.07, 6.45) is 0.127. The fourth-order valence-corrected chi connectivity index (χ4v) is 4.92. The molecule has 0 spiro atoms. The normalized spacial score (nSPS) is 11.3. The fraction of sp³-hybridized carbons (Fsp3) is 0.231. The molecule has 3 rings (SSSR count). The molecule has 0 radical (unpaired) electrons. The number of esters is 1. The van der Waals surface area contributed by atoms with E-state index in [-0.39, 0.29) is 23.8 Å². The van der Waals surface area contributed by atoms with Crippen molar-refractivity contribution < 1.29 is 22.7 Å². The second-order valence-electron chi connectivity index (χ2n) is 7.90. The van der Waals surface area contributed by atoms with E-state index in [1.165, 1.54) is 12.1 Å². The molecular formula is C26H27ClN2O5S. The van der Waals surface area contributed by atoms with Crippen molar-refractivity contribution in [1.29, 1.82) is 0 Å². The topological polar surface area (TPSA) is 92.8 Å². The van der Waals surface area contributed by atoms with Crippen LogP contribution in [0, 0.1) is 6.92 Å². The third-order valence-corrected chi connectivity index (χ3v) is 7.35. The van der Waals surface area contributed by atoms with Crippen molar-refractivity contribution in [2.75, 3.05) is 18.5 Å². The maximum Gasteiger partial charge on any atom is 0.310 e. The monoisotopic (exact) mass is 514 g/mol. The zero-order chi connectivity index (χ0) is 25.4. The van der Waals surface area contributed by atoms with Gasteiger partial charge in [0.2, 0.25) is 15.9 Å². The third-order valence-electron chi connectivity index (χ3n) is 5.17. The second kappa shape index (κ2) is 12.0. The van der Waals surface area contributed by atoms with E-state index >= 15 is 0 Å². The van der Waals surface area contributed by atoms with Gasteiger partial charge in [0.05, 0.1) is 24.5 Å². The highest BCUT2D eigenvalue weighted by Crippen LogP contribution is 2.23. The van der Waals surface area contributed by atoms with Gasteiger partial charge in [-0.3, -0.25) is 9.59 Å². The lowest BCUT2D eigenvalue weighted by atomic mass is 10.1. The molecule has 3 aromatic carbocycles. The Morgan fingerprint density at radius 1 is 0.971 bits per heavy atom. The second-order valence-corrected chi connectivity index (χ2v) is 10.2. The van der Waals surface area contributed by atoms with Crippen LogP contribution in [-0.4, -0.2) is 37.8 Å². The smallest absolute Gasteiger partial charge is 0.310 e. The van der Waals surface area contributed by atoms with Crippen molar-refractivity contribution in [3.05, 3.63) is 94.5 Å². The van der Waals surface area contributed by atoms with Crippen LogP contribution in [0.25, 0.3) is 0 Å². The number of sulfonamides is 1. The summed E-state index contributed by atoms with van der Waals surface area (Å²) in [5.74, 6) is -0.841. The number of halogens is 1. The zero-order valence-electron chi connectivity index (χ0n) is 19.5. The molecule has 184 valence electrons. The Morgan fingerprint density at radius 2 is 1.63 bits per heavy atom. The Morgan fingerprint density at radius 3 is 2.26 bits per heavy atom. The van der Waals surface area contributed by atoms with Crippen LogP contribution in [0.15, 0.2) is 77.7 Å². The highest BCUT2D eigenvalue weighted by molar-refractivity contribution is 7.89. The average Bonchev–Trinajstić information content (AvgIpc) is 2.81. The minimum absolute atomic E-state index is 0.0677. The lowest BCUT2D eigenvalue weighted by Gasteiger charge is -2.22. The summed E-state index contributed by atoms with van der Waals surface area (Å²) in [6, 6.07) is 20.1. The third kappa shape index (κ3) is 7.39. The minimum atomic E-state index is -3.98. The Labute approximate surface area is 210 Å². The van der Waals surface area contributed by atoms with Crippen molar-refractivity contribution >= 4 is 39.2 Å². The van der Waals surface area contributed by atoms with Crippen LogP contribution in [-0.2, 0) is 37.3 Å². The summed E-state index contributed by atoms with van der Waals surface area (Å²) in [6.45, 7) is 3.44. The van der Waals surface area contributed by atoms with Gasteiger partial charge in [-0.25, -0.2) is 8.42 Å². The minimum Gasteiger partial charge on any atom is -0.466 e. The summed E-state index contributed by atoms with van der Waals surface area (Å²) >= 11 is 6.27. The van der Waals surface area contributed by atoms with E-state index in [2.05, 4.69) is 5.32 Å². The molecular weight excluding hydrogens is 488 g/mol. The number of nitrogens with zero attached hydrogens (tertiary/aromatic N) is 1. The standard InChI is InChI=1S/C26H27ClN2O5S/c1-3-34-26(31)16-20-10-12-22(13-11-20)28-25(30)18-29(17-21-6-4-5-7-24(21)27)35(32,33)23-14-8-19(2)9-15-23/h4-15H,3,16-18H2,1-2H3,(H,28,30). The van der Waals surface area contributed by atoms with Crippen molar-refractivity contribution in [1.82, 2.24) is 4.31 Å². The number of hydrogen-bond donors (Lipinski definition) is 1. The maximum absolute atomic E-state index is 13.4. The molecule has 0 saturated heterocycles. The van der Waals surface area contributed by atoms with Gasteiger partial charge in [-0.05, 0) is 55.3 Å². The molecule has 1 N–H and O–H groups in total. The summed E-state index contributed by atoms with van der Waals surface area (Å²) in [7, 11) is -3.98. The first-order chi connectivity index (χ1) is 16.7. The molecule has 0 aliphatic rings. The van der Waals surface area contributed by atoms with Gasteiger partial charge in [-0.2, -0.15) is 4.31 Å². The van der Waals surface area contributed by atoms with Gasteiger partial charge in [0.15, 0.2) is 0 Å². The number of carbonyl (C=O) groups is 2. The van der Waals surface area contributed by atoms with Gasteiger partial charge >= 0.3 is 5.97 Å². The van der Waals surface area contributed by atoms with Gasteiger partial charge in [-0.1, -0.05) is 59.6 Å². The van der Waals surface area contributed by atoms with E-state index in [9.17, 15) is 18.0 Å². The molecule has 0 aliphatic heterocycles. The van der Waals surface area contributed by atoms with Crippen LogP contribution in [0.1, 0.15) is 23.6 Å². The number of aryl methyl sites for hydroxylation is 1. The number of benzene rings is 3. The van der Waals surface area contributed by atoms with E-state index in [0.717, 1.165) is 15.4 Å². The molecule has 9 heteroatoms. The first-order valence-electron chi connectivity index (χ1n) is 11.0. The maximum atomic E-state index is 13.4. The predicted octanol–water partition coefficient (Wildman–Crippen LogP) is 4.58. The molecule has 7 nitrogen and oxygen atoms in total. The molecule has 0 atom stereocenters. The van der Waals surface area contributed by atoms with E-state index in [1.807, 2.05) is 6.92 Å².